The molecule has 0 bridgehead atoms. The van der Waals surface area contributed by atoms with Crippen LogP contribution in [-0.2, 0) is 20.2 Å². The van der Waals surface area contributed by atoms with Gasteiger partial charge in [0.05, 0.1) is 4.90 Å². The van der Waals surface area contributed by atoms with Gasteiger partial charge >= 0.3 is 0 Å². The fourth-order valence-corrected chi connectivity index (χ4v) is 2.69. The monoisotopic (exact) mass is 360 g/mol. The number of aromatic hydroxyl groups is 1. The summed E-state index contributed by atoms with van der Waals surface area (Å²) >= 11 is 0. The Kier molecular flexibility index (Phi) is 5.89. The van der Waals surface area contributed by atoms with Gasteiger partial charge in [0.15, 0.2) is 0 Å². The third kappa shape index (κ3) is 5.64. The highest BCUT2D eigenvalue weighted by molar-refractivity contribution is 7.86. The molecule has 2 rings (SSSR count). The van der Waals surface area contributed by atoms with Crippen molar-refractivity contribution >= 4 is 20.2 Å². The molecule has 2 aromatic carbocycles. The average molecular weight is 360 g/mol. The van der Waals surface area contributed by atoms with Crippen molar-refractivity contribution in [2.75, 3.05) is 0 Å². The van der Waals surface area contributed by atoms with E-state index in [1.807, 2.05) is 6.92 Å². The van der Waals surface area contributed by atoms with E-state index in [-0.39, 0.29) is 4.90 Å². The van der Waals surface area contributed by atoms with Crippen molar-refractivity contribution in [2.24, 2.45) is 0 Å². The molecule has 0 aliphatic heterocycles. The zero-order valence-corrected chi connectivity index (χ0v) is 14.0. The summed E-state index contributed by atoms with van der Waals surface area (Å²) in [6, 6.07) is 10.1. The van der Waals surface area contributed by atoms with Gasteiger partial charge in [0.1, 0.15) is 10.6 Å². The smallest absolute Gasteiger partial charge is 0.298 e. The first-order chi connectivity index (χ1) is 10.4. The summed E-state index contributed by atoms with van der Waals surface area (Å²) in [5.74, 6) is -0.403. The second-order valence-electron chi connectivity index (χ2n) is 4.68. The Balaban J connectivity index is 0.000000231. The molecule has 3 N–H and O–H groups in total. The second-order valence-corrected chi connectivity index (χ2v) is 7.50. The lowest BCUT2D eigenvalue weighted by Crippen LogP contribution is -1.98. The van der Waals surface area contributed by atoms with E-state index in [4.69, 9.17) is 9.11 Å². The maximum absolute atomic E-state index is 10.6. The van der Waals surface area contributed by atoms with E-state index >= 15 is 0 Å². The third-order valence-electron chi connectivity index (χ3n) is 2.80. The van der Waals surface area contributed by atoms with Crippen LogP contribution in [0.3, 0.4) is 0 Å². The van der Waals surface area contributed by atoms with Crippen LogP contribution in [0.15, 0.2) is 52.3 Å². The molecule has 0 radical (unpaired) electrons. The fraction of sp³-hybridized carbons (Fsp3) is 0.143. The summed E-state index contributed by atoms with van der Waals surface area (Å²) in [4.78, 5) is -0.523. The highest BCUT2D eigenvalue weighted by Crippen LogP contribution is 2.25. The van der Waals surface area contributed by atoms with Gasteiger partial charge in [0.2, 0.25) is 0 Å². The van der Waals surface area contributed by atoms with Crippen LogP contribution in [-0.4, -0.2) is 31.0 Å². The lowest BCUT2D eigenvalue weighted by atomic mass is 10.2. The minimum absolute atomic E-state index is 0.0666. The molecule has 0 aromatic heterocycles. The van der Waals surface area contributed by atoms with Gasteiger partial charge in [-0.3, -0.25) is 9.11 Å². The summed E-state index contributed by atoms with van der Waals surface area (Å²) in [6.45, 7) is 3.39. The van der Waals surface area contributed by atoms with Crippen LogP contribution in [0.1, 0.15) is 11.1 Å². The first-order valence-electron chi connectivity index (χ1n) is 6.23. The quantitative estimate of drug-likeness (QED) is 0.700. The summed E-state index contributed by atoms with van der Waals surface area (Å²) in [7, 11) is -8.33. The predicted octanol–water partition coefficient (Wildman–Crippen LogP) is 2.19. The normalized spacial score (nSPS) is 11.5. The Morgan fingerprint density at radius 3 is 1.70 bits per heavy atom. The van der Waals surface area contributed by atoms with Crippen molar-refractivity contribution in [2.45, 2.75) is 23.6 Å². The van der Waals surface area contributed by atoms with Crippen LogP contribution < -0.4 is 0 Å². The maximum Gasteiger partial charge on any atom is 0.298 e. The molecule has 126 valence electrons. The van der Waals surface area contributed by atoms with E-state index in [0.717, 1.165) is 11.6 Å². The van der Waals surface area contributed by atoms with Crippen LogP contribution in [0.25, 0.3) is 0 Å². The van der Waals surface area contributed by atoms with Crippen LogP contribution >= 0.6 is 0 Å². The van der Waals surface area contributed by atoms with Gasteiger partial charge in [0.25, 0.3) is 20.2 Å². The minimum Gasteiger partial charge on any atom is -0.506 e. The highest BCUT2D eigenvalue weighted by Gasteiger charge is 2.15. The molecule has 23 heavy (non-hydrogen) atoms. The molecular formula is C14H16O7S2. The molecule has 0 unspecified atom stereocenters. The molecular weight excluding hydrogens is 344 g/mol. The van der Waals surface area contributed by atoms with Gasteiger partial charge in [-0.2, -0.15) is 16.8 Å². The SMILES string of the molecule is Cc1ccc(S(=O)(=O)O)cc1.Cc1cccc(S(=O)(=O)O)c1O. The standard InChI is InChI=1S/C7H8O4S.C7H8O3S/c1-5-3-2-4-6(7(5)8)12(9,10)11;1-6-2-4-7(5-3-6)11(8,9)10/h2-4,8H,1H3,(H,9,10,11);2-5H,1H3,(H,8,9,10). The molecule has 0 amide bonds. The summed E-state index contributed by atoms with van der Waals surface area (Å²) in [5.41, 5.74) is 1.36. The second kappa shape index (κ2) is 7.09. The Morgan fingerprint density at radius 2 is 1.30 bits per heavy atom. The van der Waals surface area contributed by atoms with Gasteiger partial charge in [-0.1, -0.05) is 29.8 Å². The molecule has 9 heteroatoms. The van der Waals surface area contributed by atoms with Gasteiger partial charge in [-0.25, -0.2) is 0 Å². The van der Waals surface area contributed by atoms with E-state index < -0.39 is 30.9 Å². The molecule has 0 fully saturated rings. The Bertz CT molecular complexity index is 883. The third-order valence-corrected chi connectivity index (χ3v) is 4.55. The Morgan fingerprint density at radius 1 is 0.783 bits per heavy atom. The van der Waals surface area contributed by atoms with Crippen molar-refractivity contribution in [1.82, 2.24) is 0 Å². The molecule has 7 nitrogen and oxygen atoms in total. The zero-order valence-electron chi connectivity index (χ0n) is 12.3. The van der Waals surface area contributed by atoms with Crippen LogP contribution in [0, 0.1) is 13.8 Å². The fourth-order valence-electron chi connectivity index (χ4n) is 1.55. The zero-order chi connectivity index (χ0) is 17.8. The number of hydrogen-bond acceptors (Lipinski definition) is 5. The van der Waals surface area contributed by atoms with Crippen LogP contribution in [0.5, 0.6) is 5.75 Å². The Labute approximate surface area is 134 Å². The summed E-state index contributed by atoms with van der Waals surface area (Å²) < 4.78 is 59.4. The highest BCUT2D eigenvalue weighted by atomic mass is 32.2. The van der Waals surface area contributed by atoms with Gasteiger partial charge in [-0.05, 0) is 37.6 Å². The molecule has 0 aliphatic carbocycles. The number of phenolic OH excluding ortho intramolecular Hbond substituents is 1. The lowest BCUT2D eigenvalue weighted by molar-refractivity contribution is 0.440. The number of benzene rings is 2. The summed E-state index contributed by atoms with van der Waals surface area (Å²) in [5, 5.41) is 9.19. The first kappa shape index (κ1) is 19.1. The van der Waals surface area contributed by atoms with Crippen LogP contribution in [0.2, 0.25) is 0 Å². The number of rotatable bonds is 2. The molecule has 0 aliphatic rings. The largest absolute Gasteiger partial charge is 0.506 e. The average Bonchev–Trinajstić information content (AvgIpc) is 2.41. The van der Waals surface area contributed by atoms with Crippen molar-refractivity contribution in [3.05, 3.63) is 53.6 Å². The van der Waals surface area contributed by atoms with E-state index in [9.17, 15) is 21.9 Å². The van der Waals surface area contributed by atoms with Crippen molar-refractivity contribution < 1.29 is 31.0 Å². The molecule has 0 atom stereocenters. The number of hydrogen-bond donors (Lipinski definition) is 3. The van der Waals surface area contributed by atoms with E-state index in [0.29, 0.717) is 5.56 Å². The lowest BCUT2D eigenvalue weighted by Gasteiger charge is -2.02. The maximum atomic E-state index is 10.6. The predicted molar refractivity (Wildman–Crippen MR) is 83.7 cm³/mol. The molecule has 2 aromatic rings. The molecule has 0 heterocycles. The first-order valence-corrected chi connectivity index (χ1v) is 9.11. The van der Waals surface area contributed by atoms with Gasteiger partial charge in [-0.15, -0.1) is 0 Å². The molecule has 0 saturated heterocycles. The number of para-hydroxylation sites is 1. The van der Waals surface area contributed by atoms with Crippen molar-refractivity contribution in [3.63, 3.8) is 0 Å². The topological polar surface area (TPSA) is 129 Å². The summed E-state index contributed by atoms with van der Waals surface area (Å²) in [6.07, 6.45) is 0. The van der Waals surface area contributed by atoms with E-state index in [1.165, 1.54) is 18.2 Å². The minimum atomic E-state index is -4.31. The molecule has 0 spiro atoms. The van der Waals surface area contributed by atoms with Crippen LogP contribution in [0.4, 0.5) is 0 Å². The van der Waals surface area contributed by atoms with Crippen molar-refractivity contribution in [1.29, 1.82) is 0 Å². The van der Waals surface area contributed by atoms with Crippen molar-refractivity contribution in [3.8, 4) is 5.75 Å². The Hall–Kier alpha value is -1.94. The number of phenols is 1. The van der Waals surface area contributed by atoms with E-state index in [1.54, 1.807) is 25.1 Å². The molecule has 0 saturated carbocycles. The van der Waals surface area contributed by atoms with Gasteiger partial charge in [0, 0.05) is 0 Å². The van der Waals surface area contributed by atoms with Gasteiger partial charge < -0.3 is 5.11 Å². The van der Waals surface area contributed by atoms with E-state index in [2.05, 4.69) is 0 Å². The number of aryl methyl sites for hydroxylation is 2.